The second-order valence-electron chi connectivity index (χ2n) is 10.1. The zero-order chi connectivity index (χ0) is 23.9. The summed E-state index contributed by atoms with van der Waals surface area (Å²) in [6, 6.07) is 8.13. The fraction of sp³-hybridized carbons (Fsp3) is 0.480. The fourth-order valence-electron chi connectivity index (χ4n) is 4.83. The smallest absolute Gasteiger partial charge is 0.411 e. The number of amides is 1. The Hall–Kier alpha value is -3.00. The summed E-state index contributed by atoms with van der Waals surface area (Å²) in [7, 11) is 0. The van der Waals surface area contributed by atoms with Gasteiger partial charge in [-0.3, -0.25) is 9.47 Å². The van der Waals surface area contributed by atoms with Crippen molar-refractivity contribution >= 4 is 17.7 Å². The van der Waals surface area contributed by atoms with Gasteiger partial charge >= 0.3 is 6.09 Å². The minimum absolute atomic E-state index is 0.323. The van der Waals surface area contributed by atoms with Gasteiger partial charge in [-0.15, -0.1) is 21.8 Å². The maximum Gasteiger partial charge on any atom is 0.411 e. The molecule has 0 saturated heterocycles. The molecule has 1 saturated carbocycles. The van der Waals surface area contributed by atoms with E-state index in [1.165, 1.54) is 0 Å². The molecule has 1 fully saturated rings. The van der Waals surface area contributed by atoms with Gasteiger partial charge in [0.1, 0.15) is 17.8 Å². The largest absolute Gasteiger partial charge is 0.444 e. The number of nitrogens with zero attached hydrogens (tertiary/aromatic N) is 6. The third-order valence-electron chi connectivity index (χ3n) is 6.55. The standard InChI is InChI=1S/C25H29ClN6O2/c1-24(2,3)34-23(33)31-14-18-13-19(5-6-20(18)32-16-29-30-21(32)15-31)25(26)9-7-17(8-10-25)22-27-11-4-12-28-22/h4-6,11-13,16-17H,7-10,14-15H2,1-3H3. The highest BCUT2D eigenvalue weighted by Crippen LogP contribution is 2.47. The van der Waals surface area contributed by atoms with Crippen molar-refractivity contribution in [1.82, 2.24) is 29.6 Å². The molecule has 8 nitrogen and oxygen atoms in total. The number of aromatic nitrogens is 5. The maximum atomic E-state index is 12.9. The highest BCUT2D eigenvalue weighted by Gasteiger charge is 2.37. The van der Waals surface area contributed by atoms with Crippen LogP contribution in [0.2, 0.25) is 0 Å². The van der Waals surface area contributed by atoms with Gasteiger partial charge in [-0.25, -0.2) is 14.8 Å². The molecular weight excluding hydrogens is 452 g/mol. The van der Waals surface area contributed by atoms with Gasteiger partial charge in [0.15, 0.2) is 5.82 Å². The number of benzene rings is 1. The van der Waals surface area contributed by atoms with Crippen LogP contribution in [0.15, 0.2) is 43.0 Å². The van der Waals surface area contributed by atoms with E-state index in [0.29, 0.717) is 24.8 Å². The van der Waals surface area contributed by atoms with E-state index < -0.39 is 10.5 Å². The van der Waals surface area contributed by atoms with Crippen LogP contribution in [0, 0.1) is 0 Å². The predicted molar refractivity (Wildman–Crippen MR) is 128 cm³/mol. The van der Waals surface area contributed by atoms with Crippen molar-refractivity contribution in [3.63, 3.8) is 0 Å². The lowest BCUT2D eigenvalue weighted by molar-refractivity contribution is 0.0214. The number of carbonyl (C=O) groups excluding carboxylic acids is 1. The van der Waals surface area contributed by atoms with Crippen LogP contribution in [0.3, 0.4) is 0 Å². The number of hydrogen-bond donors (Lipinski definition) is 0. The summed E-state index contributed by atoms with van der Waals surface area (Å²) in [5, 5.41) is 8.31. The monoisotopic (exact) mass is 480 g/mol. The van der Waals surface area contributed by atoms with Crippen molar-refractivity contribution in [3.8, 4) is 5.69 Å². The maximum absolute atomic E-state index is 12.9. The summed E-state index contributed by atoms with van der Waals surface area (Å²) >= 11 is 7.22. The molecule has 5 rings (SSSR count). The second-order valence-corrected chi connectivity index (χ2v) is 10.9. The predicted octanol–water partition coefficient (Wildman–Crippen LogP) is 5.10. The average Bonchev–Trinajstić information content (AvgIpc) is 3.20. The van der Waals surface area contributed by atoms with E-state index in [2.05, 4.69) is 38.4 Å². The zero-order valence-electron chi connectivity index (χ0n) is 19.7. The Morgan fingerprint density at radius 3 is 2.59 bits per heavy atom. The highest BCUT2D eigenvalue weighted by atomic mass is 35.5. The van der Waals surface area contributed by atoms with Crippen LogP contribution >= 0.6 is 11.6 Å². The van der Waals surface area contributed by atoms with Gasteiger partial charge < -0.3 is 4.74 Å². The molecule has 34 heavy (non-hydrogen) atoms. The topological polar surface area (TPSA) is 86.0 Å². The van der Waals surface area contributed by atoms with E-state index in [0.717, 1.165) is 48.3 Å². The number of hydrogen-bond acceptors (Lipinski definition) is 6. The molecule has 2 aliphatic rings. The van der Waals surface area contributed by atoms with Crippen molar-refractivity contribution in [1.29, 1.82) is 0 Å². The van der Waals surface area contributed by atoms with E-state index in [4.69, 9.17) is 16.3 Å². The molecule has 0 bridgehead atoms. The molecule has 9 heteroatoms. The summed E-state index contributed by atoms with van der Waals surface area (Å²) in [5.41, 5.74) is 2.45. The molecule has 0 N–H and O–H groups in total. The summed E-state index contributed by atoms with van der Waals surface area (Å²) in [6.07, 6.45) is 8.46. The molecule has 1 amide bonds. The first-order valence-corrected chi connectivity index (χ1v) is 12.1. The second kappa shape index (κ2) is 8.65. The lowest BCUT2D eigenvalue weighted by Crippen LogP contribution is -2.36. The van der Waals surface area contributed by atoms with Crippen LogP contribution in [-0.4, -0.2) is 41.3 Å². The number of carbonyl (C=O) groups is 1. The summed E-state index contributed by atoms with van der Waals surface area (Å²) < 4.78 is 7.59. The number of rotatable bonds is 2. The van der Waals surface area contributed by atoms with Gasteiger partial charge in [-0.2, -0.15) is 0 Å². The molecule has 1 aromatic carbocycles. The Kier molecular flexibility index (Phi) is 5.80. The normalized spacial score (nSPS) is 22.5. The van der Waals surface area contributed by atoms with Crippen molar-refractivity contribution in [3.05, 3.63) is 65.8 Å². The Bertz CT molecular complexity index is 1180. The molecule has 0 unspecified atom stereocenters. The van der Waals surface area contributed by atoms with Crippen LogP contribution in [0.1, 0.15) is 75.1 Å². The molecule has 0 atom stereocenters. The van der Waals surface area contributed by atoms with Crippen molar-refractivity contribution < 1.29 is 9.53 Å². The minimum Gasteiger partial charge on any atom is -0.444 e. The third-order valence-corrected chi connectivity index (χ3v) is 7.15. The van der Waals surface area contributed by atoms with Gasteiger partial charge in [0.05, 0.1) is 23.7 Å². The lowest BCUT2D eigenvalue weighted by atomic mass is 9.77. The highest BCUT2D eigenvalue weighted by molar-refractivity contribution is 6.24. The molecule has 178 valence electrons. The molecule has 0 radical (unpaired) electrons. The van der Waals surface area contributed by atoms with Crippen LogP contribution < -0.4 is 0 Å². The quantitative estimate of drug-likeness (QED) is 0.474. The minimum atomic E-state index is -0.580. The van der Waals surface area contributed by atoms with E-state index in [9.17, 15) is 4.79 Å². The first-order chi connectivity index (χ1) is 16.2. The summed E-state index contributed by atoms with van der Waals surface area (Å²) in [5.74, 6) is 1.92. The number of halogens is 1. The third kappa shape index (κ3) is 4.51. The van der Waals surface area contributed by atoms with Gasteiger partial charge in [0.25, 0.3) is 0 Å². The van der Waals surface area contributed by atoms with Gasteiger partial charge in [0.2, 0.25) is 0 Å². The molecular formula is C25H29ClN6O2. The van der Waals surface area contributed by atoms with E-state index in [1.807, 2.05) is 31.4 Å². The first-order valence-electron chi connectivity index (χ1n) is 11.7. The molecule has 3 aromatic rings. The van der Waals surface area contributed by atoms with Crippen LogP contribution in [0.4, 0.5) is 4.79 Å². The lowest BCUT2D eigenvalue weighted by Gasteiger charge is -2.35. The Balaban J connectivity index is 1.42. The Morgan fingerprint density at radius 2 is 1.88 bits per heavy atom. The molecule has 0 spiro atoms. The number of ether oxygens (including phenoxy) is 1. The molecule has 2 aromatic heterocycles. The van der Waals surface area contributed by atoms with E-state index in [-0.39, 0.29) is 6.09 Å². The van der Waals surface area contributed by atoms with Gasteiger partial charge in [-0.05, 0) is 69.7 Å². The van der Waals surface area contributed by atoms with Crippen molar-refractivity contribution in [2.24, 2.45) is 0 Å². The molecule has 1 aliphatic heterocycles. The summed E-state index contributed by atoms with van der Waals surface area (Å²) in [6.45, 7) is 6.33. The van der Waals surface area contributed by atoms with Crippen LogP contribution in [0.5, 0.6) is 0 Å². The SMILES string of the molecule is CC(C)(C)OC(=O)N1Cc2cc(C3(Cl)CCC(c4ncccn4)CC3)ccc2-n2cnnc2C1. The van der Waals surface area contributed by atoms with Crippen LogP contribution in [0.25, 0.3) is 5.69 Å². The zero-order valence-corrected chi connectivity index (χ0v) is 20.5. The molecule has 1 aliphatic carbocycles. The van der Waals surface area contributed by atoms with E-state index >= 15 is 0 Å². The molecule has 3 heterocycles. The van der Waals surface area contributed by atoms with Crippen molar-refractivity contribution in [2.75, 3.05) is 0 Å². The van der Waals surface area contributed by atoms with E-state index in [1.54, 1.807) is 23.6 Å². The van der Waals surface area contributed by atoms with Gasteiger partial charge in [-0.1, -0.05) is 12.1 Å². The average molecular weight is 481 g/mol. The van der Waals surface area contributed by atoms with Gasteiger partial charge in [0, 0.05) is 18.3 Å². The Morgan fingerprint density at radius 1 is 1.15 bits per heavy atom. The summed E-state index contributed by atoms with van der Waals surface area (Å²) in [4.78, 5) is 23.0. The number of alkyl halides is 1. The van der Waals surface area contributed by atoms with Crippen molar-refractivity contribution in [2.45, 2.75) is 75.9 Å². The first kappa shape index (κ1) is 22.8. The Labute approximate surface area is 204 Å². The fourth-order valence-corrected chi connectivity index (χ4v) is 5.16. The van der Waals surface area contributed by atoms with Crippen LogP contribution in [-0.2, 0) is 22.7 Å². The number of fused-ring (bicyclic) bond motifs is 3.